The summed E-state index contributed by atoms with van der Waals surface area (Å²) >= 11 is 0. The Labute approximate surface area is 145 Å². The molecular formula is C15H29F4N5O. The molecule has 5 N–H and O–H groups in total. The molecule has 0 aromatic carbocycles. The summed E-state index contributed by atoms with van der Waals surface area (Å²) in [5.74, 6) is -0.530. The largest absolute Gasteiger partial charge is 0.430 e. The Morgan fingerprint density at radius 1 is 1.28 bits per heavy atom. The molecule has 2 saturated heterocycles. The van der Waals surface area contributed by atoms with Crippen LogP contribution >= 0.6 is 0 Å². The van der Waals surface area contributed by atoms with E-state index in [0.717, 1.165) is 26.1 Å². The number of nitrogens with one attached hydrogen (secondary N) is 5. The van der Waals surface area contributed by atoms with Crippen LogP contribution < -0.4 is 26.7 Å². The third-order valence-corrected chi connectivity index (χ3v) is 4.87. The zero-order valence-electron chi connectivity index (χ0n) is 14.6. The summed E-state index contributed by atoms with van der Waals surface area (Å²) in [4.78, 5) is 4.48. The zero-order valence-corrected chi connectivity index (χ0v) is 14.6. The van der Waals surface area contributed by atoms with Gasteiger partial charge in [-0.25, -0.2) is 4.39 Å². The summed E-state index contributed by atoms with van der Waals surface area (Å²) in [5, 5.41) is 12.2. The van der Waals surface area contributed by atoms with Crippen molar-refractivity contribution in [1.82, 2.24) is 26.7 Å². The first-order valence-electron chi connectivity index (χ1n) is 8.86. The Morgan fingerprint density at radius 3 is 2.60 bits per heavy atom. The molecule has 25 heavy (non-hydrogen) atoms. The Bertz CT molecular complexity index is 395. The van der Waals surface area contributed by atoms with E-state index < -0.39 is 30.7 Å². The van der Waals surface area contributed by atoms with Crippen molar-refractivity contribution in [2.24, 2.45) is 11.8 Å². The number of alkyl halides is 4. The molecule has 6 unspecified atom stereocenters. The minimum absolute atomic E-state index is 0.113. The van der Waals surface area contributed by atoms with Gasteiger partial charge >= 0.3 is 6.18 Å². The van der Waals surface area contributed by atoms with E-state index in [4.69, 9.17) is 0 Å². The minimum Gasteiger partial charge on any atom is -0.313 e. The highest BCUT2D eigenvalue weighted by molar-refractivity contribution is 4.84. The molecule has 2 rings (SSSR count). The lowest BCUT2D eigenvalue weighted by Crippen LogP contribution is -2.56. The van der Waals surface area contributed by atoms with Crippen molar-refractivity contribution in [3.05, 3.63) is 0 Å². The molecule has 0 saturated carbocycles. The molecule has 10 heteroatoms. The number of hydroxylamine groups is 1. The second-order valence-corrected chi connectivity index (χ2v) is 6.81. The van der Waals surface area contributed by atoms with Crippen LogP contribution in [-0.4, -0.2) is 57.1 Å². The van der Waals surface area contributed by atoms with E-state index in [9.17, 15) is 17.6 Å². The lowest BCUT2D eigenvalue weighted by Gasteiger charge is -2.29. The van der Waals surface area contributed by atoms with E-state index in [0.29, 0.717) is 13.0 Å². The quantitative estimate of drug-likeness (QED) is 0.407. The fourth-order valence-corrected chi connectivity index (χ4v) is 3.04. The monoisotopic (exact) mass is 371 g/mol. The maximum Gasteiger partial charge on any atom is 0.430 e. The summed E-state index contributed by atoms with van der Waals surface area (Å²) in [7, 11) is 0. The van der Waals surface area contributed by atoms with Gasteiger partial charge in [0.1, 0.15) is 6.17 Å². The highest BCUT2D eigenvalue weighted by Crippen LogP contribution is 2.27. The van der Waals surface area contributed by atoms with Crippen LogP contribution in [0.2, 0.25) is 0 Å². The SMILES string of the molecule is CCC(CNC1CNCCN1)CC(F)C(C)C1NOC(C(F)(F)F)N1. The molecule has 2 fully saturated rings. The zero-order chi connectivity index (χ0) is 18.4. The second-order valence-electron chi connectivity index (χ2n) is 6.81. The summed E-state index contributed by atoms with van der Waals surface area (Å²) < 4.78 is 52.4. The molecule has 6 nitrogen and oxygen atoms in total. The molecule has 6 atom stereocenters. The van der Waals surface area contributed by atoms with Gasteiger partial charge < -0.3 is 10.6 Å². The number of hydrogen-bond donors (Lipinski definition) is 5. The van der Waals surface area contributed by atoms with Gasteiger partial charge in [-0.2, -0.15) is 18.7 Å². The summed E-state index contributed by atoms with van der Waals surface area (Å²) in [5.41, 5.74) is 2.26. The molecule has 2 aliphatic rings. The number of halogens is 4. The van der Waals surface area contributed by atoms with Crippen LogP contribution in [0.1, 0.15) is 26.7 Å². The van der Waals surface area contributed by atoms with Gasteiger partial charge in [-0.3, -0.25) is 15.5 Å². The number of rotatable bonds is 8. The van der Waals surface area contributed by atoms with Gasteiger partial charge in [-0.05, 0) is 18.9 Å². The van der Waals surface area contributed by atoms with Gasteiger partial charge in [0, 0.05) is 25.6 Å². The van der Waals surface area contributed by atoms with Crippen LogP contribution in [-0.2, 0) is 4.84 Å². The average molecular weight is 371 g/mol. The highest BCUT2D eigenvalue weighted by atomic mass is 19.4. The van der Waals surface area contributed by atoms with Gasteiger partial charge in [0.2, 0.25) is 6.23 Å². The molecule has 0 radical (unpaired) electrons. The minimum atomic E-state index is -4.52. The molecule has 2 aliphatic heterocycles. The maximum absolute atomic E-state index is 14.6. The first-order valence-corrected chi connectivity index (χ1v) is 8.86. The van der Waals surface area contributed by atoms with Gasteiger partial charge in [0.25, 0.3) is 0 Å². The number of hydrogen-bond acceptors (Lipinski definition) is 6. The van der Waals surface area contributed by atoms with Crippen LogP contribution in [0.15, 0.2) is 0 Å². The van der Waals surface area contributed by atoms with Crippen molar-refractivity contribution in [2.75, 3.05) is 26.2 Å². The summed E-state index contributed by atoms with van der Waals surface area (Å²) in [6, 6.07) is 0. The van der Waals surface area contributed by atoms with Crippen molar-refractivity contribution in [2.45, 2.75) is 57.6 Å². The highest BCUT2D eigenvalue weighted by Gasteiger charge is 2.47. The normalized spacial score (nSPS) is 31.7. The van der Waals surface area contributed by atoms with Crippen LogP contribution in [0.25, 0.3) is 0 Å². The molecule has 148 valence electrons. The number of piperazine rings is 1. The van der Waals surface area contributed by atoms with Crippen LogP contribution in [0, 0.1) is 11.8 Å². The Balaban J connectivity index is 1.75. The predicted molar refractivity (Wildman–Crippen MR) is 86.1 cm³/mol. The van der Waals surface area contributed by atoms with Gasteiger partial charge in [0.15, 0.2) is 0 Å². The standard InChI is InChI=1S/C15H29F4N5O/c1-3-10(7-22-12-8-20-4-5-21-12)6-11(16)9(2)13-23-14(25-24-13)15(17,18)19/h9-14,20-24H,3-8H2,1-2H3. The first-order chi connectivity index (χ1) is 11.8. The lowest BCUT2D eigenvalue weighted by molar-refractivity contribution is -0.224. The molecule has 2 heterocycles. The Morgan fingerprint density at radius 2 is 2.04 bits per heavy atom. The smallest absolute Gasteiger partial charge is 0.313 e. The summed E-state index contributed by atoms with van der Waals surface area (Å²) in [6.45, 7) is 6.88. The molecule has 0 spiro atoms. The fourth-order valence-electron chi connectivity index (χ4n) is 3.04. The van der Waals surface area contributed by atoms with Crippen LogP contribution in [0.3, 0.4) is 0 Å². The van der Waals surface area contributed by atoms with Crippen molar-refractivity contribution in [1.29, 1.82) is 0 Å². The van der Waals surface area contributed by atoms with Crippen molar-refractivity contribution < 1.29 is 22.4 Å². The van der Waals surface area contributed by atoms with Crippen molar-refractivity contribution >= 4 is 0 Å². The molecular weight excluding hydrogens is 342 g/mol. The van der Waals surface area contributed by atoms with E-state index in [2.05, 4.69) is 31.6 Å². The fraction of sp³-hybridized carbons (Fsp3) is 1.00. The predicted octanol–water partition coefficient (Wildman–Crippen LogP) is 0.824. The molecule has 0 aliphatic carbocycles. The topological polar surface area (TPSA) is 69.4 Å². The Hall–Kier alpha value is -0.520. The van der Waals surface area contributed by atoms with E-state index in [1.807, 2.05) is 6.92 Å². The Kier molecular flexibility index (Phi) is 7.84. The lowest BCUT2D eigenvalue weighted by atomic mass is 9.91. The van der Waals surface area contributed by atoms with Gasteiger partial charge in [0.05, 0.1) is 12.3 Å². The molecule has 0 amide bonds. The third kappa shape index (κ3) is 6.30. The van der Waals surface area contributed by atoms with Gasteiger partial charge in [-0.1, -0.05) is 20.3 Å². The third-order valence-electron chi connectivity index (χ3n) is 4.87. The van der Waals surface area contributed by atoms with E-state index in [1.165, 1.54) is 0 Å². The summed E-state index contributed by atoms with van der Waals surface area (Å²) in [6.07, 6.45) is -7.46. The van der Waals surface area contributed by atoms with E-state index in [1.54, 1.807) is 6.92 Å². The average Bonchev–Trinajstić information content (AvgIpc) is 3.09. The molecule has 0 aromatic heterocycles. The van der Waals surface area contributed by atoms with E-state index >= 15 is 0 Å². The second kappa shape index (κ2) is 9.43. The van der Waals surface area contributed by atoms with Crippen molar-refractivity contribution in [3.8, 4) is 0 Å². The molecule has 0 aromatic rings. The first kappa shape index (κ1) is 20.8. The van der Waals surface area contributed by atoms with Crippen LogP contribution in [0.5, 0.6) is 0 Å². The molecule has 0 bridgehead atoms. The maximum atomic E-state index is 14.6. The van der Waals surface area contributed by atoms with E-state index in [-0.39, 0.29) is 12.1 Å². The van der Waals surface area contributed by atoms with Crippen LogP contribution in [0.4, 0.5) is 17.6 Å². The van der Waals surface area contributed by atoms with Gasteiger partial charge in [-0.15, -0.1) is 0 Å². The van der Waals surface area contributed by atoms with Crippen molar-refractivity contribution in [3.63, 3.8) is 0 Å².